The van der Waals surface area contributed by atoms with E-state index in [1.807, 2.05) is 0 Å². The summed E-state index contributed by atoms with van der Waals surface area (Å²) in [6.07, 6.45) is 6.81. The van der Waals surface area contributed by atoms with Gasteiger partial charge in [-0.15, -0.1) is 6.42 Å². The van der Waals surface area contributed by atoms with Gasteiger partial charge in [-0.05, 0) is 18.9 Å². The quantitative estimate of drug-likeness (QED) is 0.568. The Labute approximate surface area is 74.9 Å². The van der Waals surface area contributed by atoms with Crippen LogP contribution >= 0.6 is 0 Å². The van der Waals surface area contributed by atoms with Gasteiger partial charge in [0, 0.05) is 13.7 Å². The second-order valence-corrected chi connectivity index (χ2v) is 3.48. The molecular weight excluding hydrogens is 150 g/mol. The van der Waals surface area contributed by atoms with Gasteiger partial charge in [0.05, 0.1) is 12.6 Å². The summed E-state index contributed by atoms with van der Waals surface area (Å²) in [5.41, 5.74) is 0. The summed E-state index contributed by atoms with van der Waals surface area (Å²) in [4.78, 5) is 2.27. The molecular formula is C10H17NO. The van der Waals surface area contributed by atoms with Crippen LogP contribution in [0.15, 0.2) is 0 Å². The van der Waals surface area contributed by atoms with Gasteiger partial charge >= 0.3 is 0 Å². The first-order valence-electron chi connectivity index (χ1n) is 4.46. The van der Waals surface area contributed by atoms with Crippen LogP contribution in [0, 0.1) is 18.3 Å². The van der Waals surface area contributed by atoms with Crippen molar-refractivity contribution in [2.75, 3.05) is 26.7 Å². The highest BCUT2D eigenvalue weighted by atomic mass is 16.5. The van der Waals surface area contributed by atoms with E-state index < -0.39 is 0 Å². The normalized spacial score (nSPS) is 31.4. The van der Waals surface area contributed by atoms with Gasteiger partial charge in [0.1, 0.15) is 0 Å². The highest BCUT2D eigenvalue weighted by molar-refractivity contribution is 4.91. The van der Waals surface area contributed by atoms with Crippen molar-refractivity contribution in [1.82, 2.24) is 4.90 Å². The molecule has 1 rings (SSSR count). The van der Waals surface area contributed by atoms with Gasteiger partial charge in [-0.3, -0.25) is 4.90 Å². The maximum atomic E-state index is 5.37. The molecule has 0 saturated carbocycles. The van der Waals surface area contributed by atoms with Crippen molar-refractivity contribution in [3.05, 3.63) is 0 Å². The van der Waals surface area contributed by atoms with E-state index in [0.29, 0.717) is 12.0 Å². The topological polar surface area (TPSA) is 12.5 Å². The second kappa shape index (κ2) is 4.49. The van der Waals surface area contributed by atoms with Crippen LogP contribution < -0.4 is 0 Å². The minimum Gasteiger partial charge on any atom is -0.380 e. The number of hydrogen-bond donors (Lipinski definition) is 0. The van der Waals surface area contributed by atoms with Crippen molar-refractivity contribution >= 4 is 0 Å². The number of piperidine rings is 1. The number of terminal acetylenes is 1. The van der Waals surface area contributed by atoms with E-state index in [-0.39, 0.29) is 0 Å². The zero-order chi connectivity index (χ0) is 8.97. The Balaban J connectivity index is 2.39. The molecule has 0 aromatic rings. The van der Waals surface area contributed by atoms with E-state index in [4.69, 9.17) is 11.2 Å². The van der Waals surface area contributed by atoms with Gasteiger partial charge in [0.2, 0.25) is 0 Å². The van der Waals surface area contributed by atoms with Crippen molar-refractivity contribution in [1.29, 1.82) is 0 Å². The molecule has 1 aliphatic rings. The first-order valence-corrected chi connectivity index (χ1v) is 4.46. The number of likely N-dealkylation sites (tertiary alicyclic amines) is 1. The largest absolute Gasteiger partial charge is 0.380 e. The maximum absolute atomic E-state index is 5.37. The van der Waals surface area contributed by atoms with Crippen molar-refractivity contribution in [2.24, 2.45) is 5.92 Å². The summed E-state index contributed by atoms with van der Waals surface area (Å²) in [7, 11) is 1.78. The van der Waals surface area contributed by atoms with E-state index in [1.165, 1.54) is 6.42 Å². The first-order chi connectivity index (χ1) is 5.77. The summed E-state index contributed by atoms with van der Waals surface area (Å²) in [5.74, 6) is 3.34. The Morgan fingerprint density at radius 1 is 1.67 bits per heavy atom. The lowest BCUT2D eigenvalue weighted by molar-refractivity contribution is -0.000665. The monoisotopic (exact) mass is 167 g/mol. The summed E-state index contributed by atoms with van der Waals surface area (Å²) >= 11 is 0. The summed E-state index contributed by atoms with van der Waals surface area (Å²) in [6.45, 7) is 5.10. The molecule has 2 nitrogen and oxygen atoms in total. The number of nitrogens with zero attached hydrogens (tertiary/aromatic N) is 1. The predicted molar refractivity (Wildman–Crippen MR) is 49.9 cm³/mol. The van der Waals surface area contributed by atoms with Crippen molar-refractivity contribution < 1.29 is 4.74 Å². The van der Waals surface area contributed by atoms with Crippen LogP contribution in [-0.4, -0.2) is 37.7 Å². The highest BCUT2D eigenvalue weighted by Crippen LogP contribution is 2.18. The third-order valence-electron chi connectivity index (χ3n) is 2.59. The molecule has 2 unspecified atom stereocenters. The minimum absolute atomic E-state index is 0.368. The van der Waals surface area contributed by atoms with E-state index in [2.05, 4.69) is 17.7 Å². The molecule has 0 aromatic carbocycles. The fraction of sp³-hybridized carbons (Fsp3) is 0.800. The van der Waals surface area contributed by atoms with Gasteiger partial charge in [-0.25, -0.2) is 0 Å². The molecule has 0 bridgehead atoms. The van der Waals surface area contributed by atoms with Crippen LogP contribution in [0.4, 0.5) is 0 Å². The Morgan fingerprint density at radius 3 is 3.00 bits per heavy atom. The van der Waals surface area contributed by atoms with Crippen LogP contribution in [0.5, 0.6) is 0 Å². The SMILES string of the molecule is C#CCN1CCC(C)C(OC)C1. The lowest BCUT2D eigenvalue weighted by Crippen LogP contribution is -2.43. The zero-order valence-corrected chi connectivity index (χ0v) is 7.92. The Morgan fingerprint density at radius 2 is 2.42 bits per heavy atom. The number of ether oxygens (including phenoxy) is 1. The average Bonchev–Trinajstić information content (AvgIpc) is 2.09. The smallest absolute Gasteiger partial charge is 0.0724 e. The molecule has 1 heterocycles. The van der Waals surface area contributed by atoms with Crippen LogP contribution in [0.2, 0.25) is 0 Å². The average molecular weight is 167 g/mol. The summed E-state index contributed by atoms with van der Waals surface area (Å²) in [5, 5.41) is 0. The number of rotatable bonds is 2. The number of methoxy groups -OCH3 is 1. The van der Waals surface area contributed by atoms with Crippen molar-refractivity contribution in [3.8, 4) is 12.3 Å². The Hall–Kier alpha value is -0.520. The minimum atomic E-state index is 0.368. The van der Waals surface area contributed by atoms with Gasteiger partial charge in [0.15, 0.2) is 0 Å². The van der Waals surface area contributed by atoms with Gasteiger partial charge < -0.3 is 4.74 Å². The summed E-state index contributed by atoms with van der Waals surface area (Å²) in [6, 6.07) is 0. The van der Waals surface area contributed by atoms with E-state index >= 15 is 0 Å². The summed E-state index contributed by atoms with van der Waals surface area (Å²) < 4.78 is 5.37. The van der Waals surface area contributed by atoms with Crippen LogP contribution in [0.3, 0.4) is 0 Å². The molecule has 2 heteroatoms. The first kappa shape index (κ1) is 9.57. The molecule has 2 atom stereocenters. The number of hydrogen-bond acceptors (Lipinski definition) is 2. The second-order valence-electron chi connectivity index (χ2n) is 3.48. The van der Waals surface area contributed by atoms with Crippen LogP contribution in [0.1, 0.15) is 13.3 Å². The molecule has 1 saturated heterocycles. The van der Waals surface area contributed by atoms with E-state index in [0.717, 1.165) is 19.6 Å². The molecule has 12 heavy (non-hydrogen) atoms. The Kier molecular flexibility index (Phi) is 3.58. The van der Waals surface area contributed by atoms with Crippen LogP contribution in [-0.2, 0) is 4.74 Å². The third kappa shape index (κ3) is 2.23. The molecule has 0 amide bonds. The fourth-order valence-electron chi connectivity index (χ4n) is 1.68. The maximum Gasteiger partial charge on any atom is 0.0724 e. The van der Waals surface area contributed by atoms with E-state index in [1.54, 1.807) is 7.11 Å². The lowest BCUT2D eigenvalue weighted by Gasteiger charge is -2.35. The Bertz CT molecular complexity index is 173. The molecule has 68 valence electrons. The van der Waals surface area contributed by atoms with Crippen molar-refractivity contribution in [2.45, 2.75) is 19.4 Å². The van der Waals surface area contributed by atoms with Gasteiger partial charge in [0.25, 0.3) is 0 Å². The van der Waals surface area contributed by atoms with E-state index in [9.17, 15) is 0 Å². The molecule has 1 fully saturated rings. The molecule has 0 aliphatic carbocycles. The van der Waals surface area contributed by atoms with Crippen molar-refractivity contribution in [3.63, 3.8) is 0 Å². The molecule has 0 spiro atoms. The zero-order valence-electron chi connectivity index (χ0n) is 7.92. The molecule has 1 aliphatic heterocycles. The van der Waals surface area contributed by atoms with Crippen LogP contribution in [0.25, 0.3) is 0 Å². The lowest BCUT2D eigenvalue weighted by atomic mass is 9.96. The van der Waals surface area contributed by atoms with Gasteiger partial charge in [-0.2, -0.15) is 0 Å². The highest BCUT2D eigenvalue weighted by Gasteiger charge is 2.24. The van der Waals surface area contributed by atoms with Gasteiger partial charge in [-0.1, -0.05) is 12.8 Å². The molecule has 0 N–H and O–H groups in total. The fourth-order valence-corrected chi connectivity index (χ4v) is 1.68. The third-order valence-corrected chi connectivity index (χ3v) is 2.59. The molecule has 0 aromatic heterocycles. The predicted octanol–water partition coefficient (Wildman–Crippen LogP) is 0.976. The standard InChI is InChI=1S/C10H17NO/c1-4-6-11-7-5-9(2)10(8-11)12-3/h1,9-10H,5-8H2,2-3H3. The molecule has 0 radical (unpaired) electrons.